The molecule has 3 unspecified atom stereocenters. The molecule has 0 aliphatic rings. The number of unbranched alkanes of at least 4 members (excludes halogenated alkanes) is 24. The molecule has 0 rings (SSSR count). The van der Waals surface area contributed by atoms with Crippen LogP contribution in [0.5, 0.6) is 0 Å². The van der Waals surface area contributed by atoms with Crippen molar-refractivity contribution in [3.8, 4) is 0 Å². The van der Waals surface area contributed by atoms with Gasteiger partial charge in [-0.3, -0.25) is 13.8 Å². The van der Waals surface area contributed by atoms with Gasteiger partial charge in [-0.25, -0.2) is 4.57 Å². The number of esters is 1. The standard InChI is InChI=1S/C46H87O9P/c1-3-5-7-9-11-13-15-17-19-20-21-22-23-24-25-26-28-30-32-34-36-38-46(49)55-45(43-54-56(50,51)53-41-44(48)40-47)42-52-39-37-35-33-31-29-27-18-16-14-12-10-8-6-4-2/h14-17,20-21,44-45,47-48H,3-13,18-19,22-43H2,1-2H3,(H,50,51)/b16-14-,17-15-,21-20-. The van der Waals surface area contributed by atoms with Crippen LogP contribution in [0.25, 0.3) is 0 Å². The van der Waals surface area contributed by atoms with Gasteiger partial charge >= 0.3 is 13.8 Å². The highest BCUT2D eigenvalue weighted by molar-refractivity contribution is 7.47. The number of phosphoric acid groups is 1. The smallest absolute Gasteiger partial charge is 0.457 e. The molecule has 0 fully saturated rings. The molecule has 0 saturated heterocycles. The third kappa shape index (κ3) is 42.3. The number of allylic oxidation sites excluding steroid dienone is 6. The Hall–Kier alpha value is -1.32. The van der Waals surface area contributed by atoms with Crippen molar-refractivity contribution in [2.75, 3.05) is 33.0 Å². The zero-order valence-electron chi connectivity index (χ0n) is 36.1. The fraction of sp³-hybridized carbons (Fsp3) is 0.848. The maximum absolute atomic E-state index is 12.6. The van der Waals surface area contributed by atoms with E-state index in [0.29, 0.717) is 6.61 Å². The minimum atomic E-state index is -4.52. The Balaban J connectivity index is 4.13. The Morgan fingerprint density at radius 3 is 1.46 bits per heavy atom. The van der Waals surface area contributed by atoms with Gasteiger partial charge in [0.15, 0.2) is 0 Å². The van der Waals surface area contributed by atoms with Crippen LogP contribution in [0, 0.1) is 0 Å². The number of hydrogen-bond acceptors (Lipinski definition) is 8. The van der Waals surface area contributed by atoms with Crippen LogP contribution >= 0.6 is 7.82 Å². The highest BCUT2D eigenvalue weighted by atomic mass is 31.2. The van der Waals surface area contributed by atoms with E-state index < -0.39 is 33.2 Å². The number of ether oxygens (including phenoxy) is 2. The predicted octanol–water partition coefficient (Wildman–Crippen LogP) is 12.8. The van der Waals surface area contributed by atoms with Crippen molar-refractivity contribution in [2.45, 2.75) is 219 Å². The lowest BCUT2D eigenvalue weighted by atomic mass is 10.1. The summed E-state index contributed by atoms with van der Waals surface area (Å²) in [7, 11) is -4.52. The van der Waals surface area contributed by atoms with Gasteiger partial charge in [-0.15, -0.1) is 0 Å². The van der Waals surface area contributed by atoms with Crippen LogP contribution < -0.4 is 0 Å². The van der Waals surface area contributed by atoms with E-state index >= 15 is 0 Å². The Labute approximate surface area is 344 Å². The van der Waals surface area contributed by atoms with Crippen molar-refractivity contribution in [2.24, 2.45) is 0 Å². The first kappa shape index (κ1) is 54.7. The molecule has 330 valence electrons. The second-order valence-electron chi connectivity index (χ2n) is 15.4. The minimum absolute atomic E-state index is 0.0444. The van der Waals surface area contributed by atoms with Crippen LogP contribution in [-0.2, 0) is 27.9 Å². The summed E-state index contributed by atoms with van der Waals surface area (Å²) in [5, 5.41) is 18.4. The SMILES string of the molecule is CCCCCC/C=C\CCCCCCCCOCC(COP(=O)(O)OCC(O)CO)OC(=O)CCCCCCCCCCC/C=C\C/C=C\CCCCCCC. The first-order chi connectivity index (χ1) is 27.3. The lowest BCUT2D eigenvalue weighted by Crippen LogP contribution is -2.29. The molecule has 0 aromatic rings. The van der Waals surface area contributed by atoms with Crippen molar-refractivity contribution in [3.05, 3.63) is 36.5 Å². The third-order valence-electron chi connectivity index (χ3n) is 9.80. The molecule has 0 amide bonds. The van der Waals surface area contributed by atoms with Gasteiger partial charge in [-0.05, 0) is 70.6 Å². The molecule has 10 heteroatoms. The molecule has 0 aromatic carbocycles. The first-order valence-corrected chi connectivity index (χ1v) is 24.5. The average Bonchev–Trinajstić information content (AvgIpc) is 3.19. The van der Waals surface area contributed by atoms with Crippen molar-refractivity contribution < 1.29 is 43.0 Å². The van der Waals surface area contributed by atoms with Crippen LogP contribution in [0.3, 0.4) is 0 Å². The van der Waals surface area contributed by atoms with E-state index in [2.05, 4.69) is 50.3 Å². The highest BCUT2D eigenvalue weighted by Gasteiger charge is 2.26. The number of aliphatic hydroxyl groups is 2. The normalized spacial score (nSPS) is 14.3. The summed E-state index contributed by atoms with van der Waals surface area (Å²) in [6, 6.07) is 0. The van der Waals surface area contributed by atoms with E-state index in [1.165, 1.54) is 128 Å². The van der Waals surface area contributed by atoms with E-state index in [1.54, 1.807) is 0 Å². The summed E-state index contributed by atoms with van der Waals surface area (Å²) in [5.41, 5.74) is 0. The first-order valence-electron chi connectivity index (χ1n) is 23.0. The van der Waals surface area contributed by atoms with Gasteiger partial charge in [0.25, 0.3) is 0 Å². The van der Waals surface area contributed by atoms with Crippen molar-refractivity contribution in [3.63, 3.8) is 0 Å². The van der Waals surface area contributed by atoms with Gasteiger partial charge in [0, 0.05) is 13.0 Å². The summed E-state index contributed by atoms with van der Waals surface area (Å²) >= 11 is 0. The second kappa shape index (κ2) is 43.3. The Morgan fingerprint density at radius 1 is 0.554 bits per heavy atom. The molecule has 0 radical (unpaired) electrons. The number of carbonyl (C=O) groups is 1. The molecule has 56 heavy (non-hydrogen) atoms. The molecule has 3 atom stereocenters. The molecule has 0 heterocycles. The van der Waals surface area contributed by atoms with Crippen LogP contribution in [0.4, 0.5) is 0 Å². The van der Waals surface area contributed by atoms with E-state index in [1.807, 2.05) is 0 Å². The van der Waals surface area contributed by atoms with Gasteiger partial charge in [-0.1, -0.05) is 166 Å². The molecule has 3 N–H and O–H groups in total. The van der Waals surface area contributed by atoms with E-state index in [-0.39, 0.29) is 25.6 Å². The Kier molecular flexibility index (Phi) is 42.2. The summed E-state index contributed by atoms with van der Waals surface area (Å²) in [6.45, 7) is 3.49. The monoisotopic (exact) mass is 815 g/mol. The summed E-state index contributed by atoms with van der Waals surface area (Å²) in [6.07, 6.45) is 46.7. The van der Waals surface area contributed by atoms with Crippen LogP contribution in [0.1, 0.15) is 206 Å². The van der Waals surface area contributed by atoms with Crippen molar-refractivity contribution in [1.29, 1.82) is 0 Å². The average molecular weight is 815 g/mol. The summed E-state index contributed by atoms with van der Waals surface area (Å²) in [5.74, 6) is -0.388. The Bertz CT molecular complexity index is 970. The largest absolute Gasteiger partial charge is 0.472 e. The number of phosphoric ester groups is 1. The summed E-state index contributed by atoms with van der Waals surface area (Å²) in [4.78, 5) is 22.6. The van der Waals surface area contributed by atoms with Crippen LogP contribution in [0.2, 0.25) is 0 Å². The van der Waals surface area contributed by atoms with Gasteiger partial charge < -0.3 is 24.6 Å². The molecular formula is C46H87O9P. The third-order valence-corrected chi connectivity index (χ3v) is 10.7. The molecule has 0 bridgehead atoms. The van der Waals surface area contributed by atoms with E-state index in [9.17, 15) is 19.4 Å². The maximum atomic E-state index is 12.6. The molecule has 0 aromatic heterocycles. The van der Waals surface area contributed by atoms with Gasteiger partial charge in [0.05, 0.1) is 26.4 Å². The van der Waals surface area contributed by atoms with Crippen molar-refractivity contribution >= 4 is 13.8 Å². The maximum Gasteiger partial charge on any atom is 0.472 e. The van der Waals surface area contributed by atoms with Crippen molar-refractivity contribution in [1.82, 2.24) is 0 Å². The topological polar surface area (TPSA) is 132 Å². The van der Waals surface area contributed by atoms with Gasteiger partial charge in [0.1, 0.15) is 12.2 Å². The lowest BCUT2D eigenvalue weighted by Gasteiger charge is -2.20. The predicted molar refractivity (Wildman–Crippen MR) is 233 cm³/mol. The molecule has 9 nitrogen and oxygen atoms in total. The Morgan fingerprint density at radius 2 is 0.964 bits per heavy atom. The van der Waals surface area contributed by atoms with Gasteiger partial charge in [-0.2, -0.15) is 0 Å². The van der Waals surface area contributed by atoms with Gasteiger partial charge in [0.2, 0.25) is 0 Å². The zero-order valence-corrected chi connectivity index (χ0v) is 37.0. The number of hydrogen-bond donors (Lipinski definition) is 3. The number of carbonyl (C=O) groups excluding carboxylic acids is 1. The molecule has 0 saturated carbocycles. The zero-order chi connectivity index (χ0) is 41.1. The van der Waals surface area contributed by atoms with E-state index in [4.69, 9.17) is 23.6 Å². The number of aliphatic hydroxyl groups excluding tert-OH is 2. The van der Waals surface area contributed by atoms with E-state index in [0.717, 1.165) is 57.8 Å². The molecule has 0 spiro atoms. The fourth-order valence-corrected chi connectivity index (χ4v) is 7.05. The fourth-order valence-electron chi connectivity index (χ4n) is 6.26. The molecule has 0 aliphatic heterocycles. The number of rotatable bonds is 44. The molecule has 0 aliphatic carbocycles. The molecular weight excluding hydrogens is 727 g/mol. The highest BCUT2D eigenvalue weighted by Crippen LogP contribution is 2.43. The second-order valence-corrected chi connectivity index (χ2v) is 16.9. The van der Waals surface area contributed by atoms with Crippen LogP contribution in [-0.4, -0.2) is 66.3 Å². The minimum Gasteiger partial charge on any atom is -0.457 e. The lowest BCUT2D eigenvalue weighted by molar-refractivity contribution is -0.154. The quantitative estimate of drug-likeness (QED) is 0.0238. The summed E-state index contributed by atoms with van der Waals surface area (Å²) < 4.78 is 33.4. The van der Waals surface area contributed by atoms with Crippen LogP contribution in [0.15, 0.2) is 36.5 Å².